The third kappa shape index (κ3) is 6.69. The van der Waals surface area contributed by atoms with Crippen molar-refractivity contribution in [2.45, 2.75) is 24.5 Å². The number of carbonyl (C=O) groups is 1. The number of nitrogens with zero attached hydrogens (tertiary/aromatic N) is 4. The van der Waals surface area contributed by atoms with Gasteiger partial charge < -0.3 is 10.2 Å². The van der Waals surface area contributed by atoms with Crippen molar-refractivity contribution in [3.8, 4) is 5.69 Å². The maximum atomic E-state index is 12.5. The number of unbranched alkanes of at least 4 members (excludes halogenated alkanes) is 1. The molecule has 1 aliphatic heterocycles. The molecule has 174 valence electrons. The van der Waals surface area contributed by atoms with Crippen LogP contribution in [0.4, 0.5) is 0 Å². The lowest BCUT2D eigenvalue weighted by Crippen LogP contribution is -2.46. The molecule has 0 atom stereocenters. The summed E-state index contributed by atoms with van der Waals surface area (Å²) in [6, 6.07) is 18.4. The van der Waals surface area contributed by atoms with Gasteiger partial charge in [-0.05, 0) is 55.5 Å². The highest BCUT2D eigenvalue weighted by atomic mass is 32.2. The van der Waals surface area contributed by atoms with Gasteiger partial charge in [-0.3, -0.25) is 14.3 Å². The summed E-state index contributed by atoms with van der Waals surface area (Å²) >= 11 is 1.60. The number of hydrogen-bond acceptors (Lipinski definition) is 5. The van der Waals surface area contributed by atoms with Crippen molar-refractivity contribution in [1.82, 2.24) is 24.7 Å². The van der Waals surface area contributed by atoms with Gasteiger partial charge in [0.25, 0.3) is 5.91 Å². The molecule has 0 unspecified atom stereocenters. The smallest absolute Gasteiger partial charge is 0.251 e. The molecule has 1 aromatic heterocycles. The second kappa shape index (κ2) is 12.0. The fourth-order valence-electron chi connectivity index (χ4n) is 4.19. The Morgan fingerprint density at radius 3 is 2.42 bits per heavy atom. The lowest BCUT2D eigenvalue weighted by atomic mass is 10.2. The van der Waals surface area contributed by atoms with E-state index in [0.29, 0.717) is 12.1 Å². The molecular weight excluding hydrogens is 430 g/mol. The minimum atomic E-state index is -0.00759. The number of carbonyl (C=O) groups excluding carboxylic acids is 1. The molecule has 1 N–H and O–H groups in total. The van der Waals surface area contributed by atoms with Crippen LogP contribution in [0.25, 0.3) is 5.69 Å². The third-order valence-corrected chi connectivity index (χ3v) is 6.76. The van der Waals surface area contributed by atoms with Crippen LogP contribution in [0.5, 0.6) is 0 Å². The van der Waals surface area contributed by atoms with Crippen LogP contribution < -0.4 is 5.32 Å². The molecule has 1 amide bonds. The van der Waals surface area contributed by atoms with E-state index in [1.165, 1.54) is 5.56 Å². The number of benzene rings is 2. The molecule has 0 spiro atoms. The van der Waals surface area contributed by atoms with Crippen LogP contribution in [0.3, 0.4) is 0 Å². The van der Waals surface area contributed by atoms with Crippen molar-refractivity contribution in [2.75, 3.05) is 45.5 Å². The van der Waals surface area contributed by atoms with E-state index in [2.05, 4.69) is 50.4 Å². The first-order chi connectivity index (χ1) is 16.2. The number of nitrogens with one attached hydrogen (secondary N) is 1. The molecule has 6 nitrogen and oxygen atoms in total. The molecule has 0 radical (unpaired) electrons. The maximum absolute atomic E-state index is 12.5. The molecule has 0 bridgehead atoms. The van der Waals surface area contributed by atoms with Gasteiger partial charge in [0, 0.05) is 62.9 Å². The quantitative estimate of drug-likeness (QED) is 0.365. The third-order valence-electron chi connectivity index (χ3n) is 6.10. The predicted molar refractivity (Wildman–Crippen MR) is 135 cm³/mol. The zero-order valence-corrected chi connectivity index (χ0v) is 20.1. The summed E-state index contributed by atoms with van der Waals surface area (Å²) < 4.78 is 2.02. The Bertz CT molecular complexity index is 997. The van der Waals surface area contributed by atoms with E-state index >= 15 is 0 Å². The summed E-state index contributed by atoms with van der Waals surface area (Å²) in [6.07, 6.45) is 7.84. The maximum Gasteiger partial charge on any atom is 0.251 e. The topological polar surface area (TPSA) is 53.4 Å². The molecule has 3 aromatic rings. The summed E-state index contributed by atoms with van der Waals surface area (Å²) in [5.74, 6) is -0.00759. The number of piperazine rings is 1. The summed E-state index contributed by atoms with van der Waals surface area (Å²) in [5.41, 5.74) is 3.10. The van der Waals surface area contributed by atoms with Crippen LogP contribution in [0.1, 0.15) is 28.8 Å². The van der Waals surface area contributed by atoms with E-state index < -0.39 is 0 Å². The van der Waals surface area contributed by atoms with Gasteiger partial charge in [0.15, 0.2) is 5.16 Å². The average molecular weight is 464 g/mol. The first-order valence-electron chi connectivity index (χ1n) is 11.7. The van der Waals surface area contributed by atoms with Gasteiger partial charge in [0.2, 0.25) is 0 Å². The van der Waals surface area contributed by atoms with Crippen molar-refractivity contribution < 1.29 is 4.79 Å². The van der Waals surface area contributed by atoms with Gasteiger partial charge in [0.1, 0.15) is 0 Å². The van der Waals surface area contributed by atoms with E-state index in [4.69, 9.17) is 0 Å². The normalized spacial score (nSPS) is 14.9. The van der Waals surface area contributed by atoms with Crippen LogP contribution in [0, 0.1) is 0 Å². The first-order valence-corrected chi connectivity index (χ1v) is 12.9. The van der Waals surface area contributed by atoms with Gasteiger partial charge >= 0.3 is 0 Å². The Kier molecular flexibility index (Phi) is 8.58. The highest BCUT2D eigenvalue weighted by Gasteiger charge is 2.16. The van der Waals surface area contributed by atoms with Crippen molar-refractivity contribution in [3.05, 3.63) is 78.1 Å². The van der Waals surface area contributed by atoms with Crippen molar-refractivity contribution in [1.29, 1.82) is 0 Å². The summed E-state index contributed by atoms with van der Waals surface area (Å²) in [5, 5.41) is 3.99. The lowest BCUT2D eigenvalue weighted by molar-refractivity contribution is 0.0951. The number of imidazole rings is 1. The van der Waals surface area contributed by atoms with E-state index in [1.807, 2.05) is 41.3 Å². The Balaban J connectivity index is 1.11. The summed E-state index contributed by atoms with van der Waals surface area (Å²) in [6.45, 7) is 7.36. The van der Waals surface area contributed by atoms with Gasteiger partial charge in [0.05, 0.1) is 0 Å². The number of hydrogen-bond donors (Lipinski definition) is 1. The lowest BCUT2D eigenvalue weighted by Gasteiger charge is -2.34. The van der Waals surface area contributed by atoms with Crippen LogP contribution >= 0.6 is 11.8 Å². The number of rotatable bonds is 10. The number of amides is 1. The first kappa shape index (κ1) is 23.5. The summed E-state index contributed by atoms with van der Waals surface area (Å²) in [4.78, 5) is 21.9. The Hall–Kier alpha value is -2.61. The van der Waals surface area contributed by atoms with E-state index in [-0.39, 0.29) is 5.91 Å². The van der Waals surface area contributed by atoms with Crippen molar-refractivity contribution in [2.24, 2.45) is 0 Å². The minimum Gasteiger partial charge on any atom is -0.352 e. The van der Waals surface area contributed by atoms with Gasteiger partial charge in [-0.25, -0.2) is 4.98 Å². The van der Waals surface area contributed by atoms with Gasteiger partial charge in [-0.15, -0.1) is 0 Å². The molecule has 1 saturated heterocycles. The van der Waals surface area contributed by atoms with Crippen LogP contribution in [-0.2, 0) is 6.54 Å². The Labute approximate surface area is 201 Å². The fraction of sp³-hybridized carbons (Fsp3) is 0.385. The molecule has 2 aromatic carbocycles. The molecular formula is C26H33N5OS. The Morgan fingerprint density at radius 1 is 0.970 bits per heavy atom. The van der Waals surface area contributed by atoms with Crippen molar-refractivity contribution >= 4 is 17.7 Å². The minimum absolute atomic E-state index is 0.00759. The van der Waals surface area contributed by atoms with Crippen LogP contribution in [0.2, 0.25) is 0 Å². The number of thioether (sulfide) groups is 1. The second-order valence-electron chi connectivity index (χ2n) is 8.40. The molecule has 7 heteroatoms. The molecule has 0 saturated carbocycles. The SMILES string of the molecule is CSc1nccn1-c1ccc(C(=O)NCCCCN2CCN(Cc3ccccc3)CC2)cc1. The molecule has 1 fully saturated rings. The van der Waals surface area contributed by atoms with E-state index in [0.717, 1.165) is 63.0 Å². The van der Waals surface area contributed by atoms with Gasteiger partial charge in [-0.2, -0.15) is 0 Å². The highest BCUT2D eigenvalue weighted by molar-refractivity contribution is 7.98. The Morgan fingerprint density at radius 2 is 1.70 bits per heavy atom. The zero-order valence-electron chi connectivity index (χ0n) is 19.3. The zero-order chi connectivity index (χ0) is 22.9. The van der Waals surface area contributed by atoms with Crippen LogP contribution in [0.15, 0.2) is 72.1 Å². The number of aromatic nitrogens is 2. The fourth-order valence-corrected chi connectivity index (χ4v) is 4.72. The van der Waals surface area contributed by atoms with Crippen molar-refractivity contribution in [3.63, 3.8) is 0 Å². The standard InChI is InChI=1S/C26H33N5OS/c1-33-26-28-14-16-31(26)24-11-9-23(10-12-24)25(32)27-13-5-6-15-29-17-19-30(20-18-29)21-22-7-3-2-4-8-22/h2-4,7-12,14,16H,5-6,13,15,17-21H2,1H3,(H,27,32). The summed E-state index contributed by atoms with van der Waals surface area (Å²) in [7, 11) is 0. The second-order valence-corrected chi connectivity index (χ2v) is 9.17. The molecule has 2 heterocycles. The average Bonchev–Trinajstić information content (AvgIpc) is 3.34. The molecule has 1 aliphatic rings. The van der Waals surface area contributed by atoms with Gasteiger partial charge in [-0.1, -0.05) is 42.1 Å². The monoisotopic (exact) mass is 463 g/mol. The van der Waals surface area contributed by atoms with E-state index in [1.54, 1.807) is 18.0 Å². The van der Waals surface area contributed by atoms with E-state index in [9.17, 15) is 4.79 Å². The predicted octanol–water partition coefficient (Wildman–Crippen LogP) is 3.92. The molecule has 33 heavy (non-hydrogen) atoms. The largest absolute Gasteiger partial charge is 0.352 e. The molecule has 0 aliphatic carbocycles. The highest BCUT2D eigenvalue weighted by Crippen LogP contribution is 2.18. The molecule has 4 rings (SSSR count). The van der Waals surface area contributed by atoms with Crippen LogP contribution in [-0.4, -0.2) is 70.8 Å².